The number of hydrogen-bond donors (Lipinski definition) is 1. The van der Waals surface area contributed by atoms with Gasteiger partial charge in [0, 0.05) is 25.2 Å². The maximum Gasteiger partial charge on any atom is 0.103 e. The third-order valence-corrected chi connectivity index (χ3v) is 2.63. The lowest BCUT2D eigenvalue weighted by Crippen LogP contribution is -2.23. The first-order chi connectivity index (χ1) is 8.17. The second-order valence-electron chi connectivity index (χ2n) is 3.84. The highest BCUT2D eigenvalue weighted by atomic mass is 32.1. The summed E-state index contributed by atoms with van der Waals surface area (Å²) in [5.74, 6) is 0. The molecule has 2 N–H and O–H groups in total. The number of nitrogens with two attached hydrogens (primary N) is 1. The third kappa shape index (κ3) is 4.51. The Labute approximate surface area is 108 Å². The SMILES string of the molecule is C=CCN(CC=C)Cc1cccc(C(N)=S)c1. The molecule has 0 aliphatic rings. The van der Waals surface area contributed by atoms with Crippen LogP contribution in [0.4, 0.5) is 0 Å². The fraction of sp³-hybridized carbons (Fsp3) is 0.214. The molecule has 0 unspecified atom stereocenters. The van der Waals surface area contributed by atoms with Crippen molar-refractivity contribution in [3.05, 3.63) is 60.7 Å². The van der Waals surface area contributed by atoms with Crippen molar-refractivity contribution in [2.24, 2.45) is 5.73 Å². The Morgan fingerprint density at radius 1 is 1.29 bits per heavy atom. The van der Waals surface area contributed by atoms with Crippen molar-refractivity contribution in [1.29, 1.82) is 0 Å². The van der Waals surface area contributed by atoms with Crippen molar-refractivity contribution in [3.63, 3.8) is 0 Å². The first kappa shape index (κ1) is 13.6. The standard InChI is InChI=1S/C14H18N2S/c1-3-8-16(9-4-2)11-12-6-5-7-13(10-12)14(15)17/h3-7,10H,1-2,8-9,11H2,(H2,15,17). The third-order valence-electron chi connectivity index (χ3n) is 2.39. The summed E-state index contributed by atoms with van der Waals surface area (Å²) in [5.41, 5.74) is 7.72. The Kier molecular flexibility index (Phi) is 5.60. The van der Waals surface area contributed by atoms with E-state index in [9.17, 15) is 0 Å². The summed E-state index contributed by atoms with van der Waals surface area (Å²) in [5, 5.41) is 0. The van der Waals surface area contributed by atoms with Gasteiger partial charge in [0.15, 0.2) is 0 Å². The quantitative estimate of drug-likeness (QED) is 0.592. The first-order valence-corrected chi connectivity index (χ1v) is 5.91. The van der Waals surface area contributed by atoms with Crippen molar-refractivity contribution >= 4 is 17.2 Å². The normalized spacial score (nSPS) is 10.2. The van der Waals surface area contributed by atoms with E-state index in [2.05, 4.69) is 24.1 Å². The van der Waals surface area contributed by atoms with Crippen LogP contribution in [0.2, 0.25) is 0 Å². The van der Waals surface area contributed by atoms with Gasteiger partial charge in [0.1, 0.15) is 4.99 Å². The molecule has 0 saturated carbocycles. The number of thiocarbonyl (C=S) groups is 1. The molecule has 0 aliphatic carbocycles. The monoisotopic (exact) mass is 246 g/mol. The van der Waals surface area contributed by atoms with Crippen LogP contribution in [0.25, 0.3) is 0 Å². The molecule has 0 atom stereocenters. The summed E-state index contributed by atoms with van der Waals surface area (Å²) in [6, 6.07) is 8.00. The van der Waals surface area contributed by atoms with Crippen molar-refractivity contribution < 1.29 is 0 Å². The Balaban J connectivity index is 2.77. The summed E-state index contributed by atoms with van der Waals surface area (Å²) in [7, 11) is 0. The number of hydrogen-bond acceptors (Lipinski definition) is 2. The van der Waals surface area contributed by atoms with Gasteiger partial charge in [-0.2, -0.15) is 0 Å². The highest BCUT2D eigenvalue weighted by Crippen LogP contribution is 2.08. The maximum atomic E-state index is 5.62. The zero-order chi connectivity index (χ0) is 12.7. The molecule has 0 aromatic heterocycles. The van der Waals surface area contributed by atoms with E-state index in [1.807, 2.05) is 30.4 Å². The molecule has 0 amide bonds. The van der Waals surface area contributed by atoms with E-state index < -0.39 is 0 Å². The second-order valence-corrected chi connectivity index (χ2v) is 4.28. The van der Waals surface area contributed by atoms with Gasteiger partial charge in [-0.1, -0.05) is 42.6 Å². The van der Waals surface area contributed by atoms with E-state index in [4.69, 9.17) is 18.0 Å². The van der Waals surface area contributed by atoms with E-state index in [-0.39, 0.29) is 0 Å². The van der Waals surface area contributed by atoms with Crippen molar-refractivity contribution in [1.82, 2.24) is 4.90 Å². The van der Waals surface area contributed by atoms with Crippen molar-refractivity contribution in [3.8, 4) is 0 Å². The molecule has 90 valence electrons. The molecule has 0 heterocycles. The minimum Gasteiger partial charge on any atom is -0.389 e. The lowest BCUT2D eigenvalue weighted by Gasteiger charge is -2.19. The molecular formula is C14H18N2S. The molecule has 1 aromatic rings. The zero-order valence-electron chi connectivity index (χ0n) is 9.93. The molecule has 0 saturated heterocycles. The number of nitrogens with zero attached hydrogens (tertiary/aromatic N) is 1. The molecule has 0 bridgehead atoms. The minimum atomic E-state index is 0.436. The second kappa shape index (κ2) is 6.99. The van der Waals surface area contributed by atoms with Crippen LogP contribution in [0, 0.1) is 0 Å². The Morgan fingerprint density at radius 3 is 2.47 bits per heavy atom. The topological polar surface area (TPSA) is 29.3 Å². The molecular weight excluding hydrogens is 228 g/mol. The summed E-state index contributed by atoms with van der Waals surface area (Å²) in [6.45, 7) is 10.0. The van der Waals surface area contributed by atoms with Gasteiger partial charge in [-0.15, -0.1) is 13.2 Å². The molecule has 0 radical (unpaired) electrons. The molecule has 0 spiro atoms. The van der Waals surface area contributed by atoms with Crippen LogP contribution in [0.5, 0.6) is 0 Å². The highest BCUT2D eigenvalue weighted by Gasteiger charge is 2.03. The van der Waals surface area contributed by atoms with Gasteiger partial charge in [-0.05, 0) is 11.6 Å². The van der Waals surface area contributed by atoms with E-state index in [1.54, 1.807) is 0 Å². The predicted molar refractivity (Wildman–Crippen MR) is 78.0 cm³/mol. The zero-order valence-corrected chi connectivity index (χ0v) is 10.7. The molecule has 0 fully saturated rings. The van der Waals surface area contributed by atoms with Crippen molar-refractivity contribution in [2.75, 3.05) is 13.1 Å². The van der Waals surface area contributed by atoms with E-state index in [0.717, 1.165) is 25.2 Å². The number of rotatable bonds is 7. The van der Waals surface area contributed by atoms with Gasteiger partial charge in [0.05, 0.1) is 0 Å². The van der Waals surface area contributed by atoms with E-state index in [1.165, 1.54) is 5.56 Å². The summed E-state index contributed by atoms with van der Waals surface area (Å²) >= 11 is 4.97. The van der Waals surface area contributed by atoms with Crippen LogP contribution in [-0.4, -0.2) is 23.0 Å². The van der Waals surface area contributed by atoms with E-state index >= 15 is 0 Å². The fourth-order valence-corrected chi connectivity index (χ4v) is 1.78. The smallest absolute Gasteiger partial charge is 0.103 e. The largest absolute Gasteiger partial charge is 0.389 e. The van der Waals surface area contributed by atoms with Gasteiger partial charge in [0.25, 0.3) is 0 Å². The molecule has 17 heavy (non-hydrogen) atoms. The van der Waals surface area contributed by atoms with Gasteiger partial charge in [-0.25, -0.2) is 0 Å². The van der Waals surface area contributed by atoms with Crippen LogP contribution in [0.3, 0.4) is 0 Å². The van der Waals surface area contributed by atoms with Gasteiger partial charge >= 0.3 is 0 Å². The molecule has 1 rings (SSSR count). The van der Waals surface area contributed by atoms with Crippen LogP contribution < -0.4 is 5.73 Å². The van der Waals surface area contributed by atoms with Crippen LogP contribution in [0.1, 0.15) is 11.1 Å². The van der Waals surface area contributed by atoms with Crippen LogP contribution in [-0.2, 0) is 6.54 Å². The maximum absolute atomic E-state index is 5.62. The highest BCUT2D eigenvalue weighted by molar-refractivity contribution is 7.80. The Bertz CT molecular complexity index is 402. The van der Waals surface area contributed by atoms with Crippen LogP contribution >= 0.6 is 12.2 Å². The molecule has 2 nitrogen and oxygen atoms in total. The molecule has 0 aliphatic heterocycles. The fourth-order valence-electron chi connectivity index (χ4n) is 1.65. The Hall–Kier alpha value is -1.45. The lowest BCUT2D eigenvalue weighted by atomic mass is 10.1. The van der Waals surface area contributed by atoms with Gasteiger partial charge in [0.2, 0.25) is 0 Å². The number of benzene rings is 1. The van der Waals surface area contributed by atoms with E-state index in [0.29, 0.717) is 4.99 Å². The molecule has 3 heteroatoms. The minimum absolute atomic E-state index is 0.436. The summed E-state index contributed by atoms with van der Waals surface area (Å²) in [6.07, 6.45) is 3.78. The average Bonchev–Trinajstić information content (AvgIpc) is 2.30. The Morgan fingerprint density at radius 2 is 1.94 bits per heavy atom. The molecule has 1 aromatic carbocycles. The summed E-state index contributed by atoms with van der Waals surface area (Å²) < 4.78 is 0. The average molecular weight is 246 g/mol. The summed E-state index contributed by atoms with van der Waals surface area (Å²) in [4.78, 5) is 2.67. The van der Waals surface area contributed by atoms with Gasteiger partial charge in [-0.3, -0.25) is 4.90 Å². The first-order valence-electron chi connectivity index (χ1n) is 5.50. The van der Waals surface area contributed by atoms with Gasteiger partial charge < -0.3 is 5.73 Å². The van der Waals surface area contributed by atoms with Crippen LogP contribution in [0.15, 0.2) is 49.6 Å². The lowest BCUT2D eigenvalue weighted by molar-refractivity contribution is 0.328. The van der Waals surface area contributed by atoms with Crippen molar-refractivity contribution in [2.45, 2.75) is 6.54 Å². The predicted octanol–water partition coefficient (Wildman–Crippen LogP) is 2.49.